The van der Waals surface area contributed by atoms with Gasteiger partial charge in [0.15, 0.2) is 0 Å². The number of hydrogen-bond donors (Lipinski definition) is 0. The highest BCUT2D eigenvalue weighted by Gasteiger charge is 2.48. The third-order valence-corrected chi connectivity index (χ3v) is 6.17. The van der Waals surface area contributed by atoms with Crippen molar-refractivity contribution in [3.05, 3.63) is 86.6 Å². The van der Waals surface area contributed by atoms with Crippen LogP contribution in [0.15, 0.2) is 69.7 Å². The number of hydrogen-bond acceptors (Lipinski definition) is 8. The van der Waals surface area contributed by atoms with Gasteiger partial charge in [0.2, 0.25) is 0 Å². The summed E-state index contributed by atoms with van der Waals surface area (Å²) in [5, 5.41) is 7.45. The zero-order valence-electron chi connectivity index (χ0n) is 17.8. The van der Waals surface area contributed by atoms with E-state index in [0.717, 1.165) is 10.5 Å². The number of rotatable bonds is 8. The van der Waals surface area contributed by atoms with E-state index in [-0.39, 0.29) is 12.2 Å². The van der Waals surface area contributed by atoms with Gasteiger partial charge in [-0.15, -0.1) is 0 Å². The fourth-order valence-corrected chi connectivity index (χ4v) is 4.50. The molecule has 2 aromatic carbocycles. The average Bonchev–Trinajstić information content (AvgIpc) is 2.83. The molecule has 0 saturated carbocycles. The van der Waals surface area contributed by atoms with Crippen LogP contribution in [-0.4, -0.2) is 47.7 Å². The summed E-state index contributed by atoms with van der Waals surface area (Å²) in [6.45, 7) is 1.57. The van der Waals surface area contributed by atoms with Gasteiger partial charge in [-0.2, -0.15) is 0 Å². The van der Waals surface area contributed by atoms with Crippen LogP contribution in [0.25, 0.3) is 20.9 Å². The molecule has 1 aliphatic rings. The predicted octanol–water partition coefficient (Wildman–Crippen LogP) is 5.77. The summed E-state index contributed by atoms with van der Waals surface area (Å²) in [4.78, 5) is 30.5. The third kappa shape index (κ3) is 6.57. The molecule has 1 aliphatic heterocycles. The van der Waals surface area contributed by atoms with Crippen molar-refractivity contribution >= 4 is 34.8 Å². The first-order valence-corrected chi connectivity index (χ1v) is 11.2. The van der Waals surface area contributed by atoms with Gasteiger partial charge in [0, 0.05) is 26.3 Å². The molecule has 0 N–H and O–H groups in total. The molecule has 1 heterocycles. The normalized spacial score (nSPS) is 23.6. The van der Waals surface area contributed by atoms with Gasteiger partial charge in [0.05, 0.1) is 17.6 Å². The second kappa shape index (κ2) is 12.2. The van der Waals surface area contributed by atoms with Gasteiger partial charge >= 0.3 is 11.4 Å². The Kier molecular flexibility index (Phi) is 9.03. The molecule has 5 atom stereocenters. The minimum Gasteiger partial charge on any atom is -0.455 e. The van der Waals surface area contributed by atoms with E-state index in [0.29, 0.717) is 0 Å². The molecule has 13 heteroatoms. The third-order valence-electron chi connectivity index (χ3n) is 4.90. The van der Waals surface area contributed by atoms with Crippen molar-refractivity contribution in [2.45, 2.75) is 41.5 Å². The van der Waals surface area contributed by atoms with Gasteiger partial charge in [-0.25, -0.2) is 9.59 Å². The first kappa shape index (κ1) is 25.2. The Morgan fingerprint density at radius 3 is 2.32 bits per heavy atom. The monoisotopic (exact) mass is 502 g/mol. The molecule has 3 rings (SSSR count). The van der Waals surface area contributed by atoms with Crippen LogP contribution >= 0.6 is 23.4 Å². The van der Waals surface area contributed by atoms with Gasteiger partial charge in [-0.05, 0) is 42.3 Å². The molecule has 0 unspecified atom stereocenters. The van der Waals surface area contributed by atoms with E-state index in [9.17, 15) is 15.1 Å². The van der Waals surface area contributed by atoms with Crippen molar-refractivity contribution in [1.82, 2.24) is 0 Å². The zero-order chi connectivity index (χ0) is 24.5. The molecule has 1 saturated heterocycles. The maximum atomic E-state index is 12.9. The second-order valence-corrected chi connectivity index (χ2v) is 8.63. The topological polar surface area (TPSA) is 159 Å². The number of thioether (sulfide) groups is 1. The molecule has 34 heavy (non-hydrogen) atoms. The summed E-state index contributed by atoms with van der Waals surface area (Å²) in [6, 6.07) is 13.5. The Morgan fingerprint density at radius 2 is 1.71 bits per heavy atom. The van der Waals surface area contributed by atoms with Crippen LogP contribution in [0.3, 0.4) is 0 Å². The van der Waals surface area contributed by atoms with Gasteiger partial charge in [-0.1, -0.05) is 57.9 Å². The number of azide groups is 2. The van der Waals surface area contributed by atoms with Crippen molar-refractivity contribution in [3.8, 4) is 0 Å². The molecule has 1 fully saturated rings. The number of benzene rings is 2. The molecule has 0 aliphatic carbocycles. The molecule has 0 spiro atoms. The van der Waals surface area contributed by atoms with Crippen LogP contribution < -0.4 is 0 Å². The van der Waals surface area contributed by atoms with Crippen LogP contribution in [0, 0.1) is 6.92 Å². The number of aryl methyl sites for hydroxylation is 1. The van der Waals surface area contributed by atoms with Gasteiger partial charge in [0.25, 0.3) is 0 Å². The van der Waals surface area contributed by atoms with Crippen LogP contribution in [-0.2, 0) is 14.2 Å². The fourth-order valence-electron chi connectivity index (χ4n) is 3.32. The van der Waals surface area contributed by atoms with Gasteiger partial charge in [0.1, 0.15) is 24.3 Å². The highest BCUT2D eigenvalue weighted by molar-refractivity contribution is 7.99. The van der Waals surface area contributed by atoms with Crippen LogP contribution in [0.1, 0.15) is 15.9 Å². The van der Waals surface area contributed by atoms with Crippen molar-refractivity contribution in [1.29, 1.82) is 0 Å². The summed E-state index contributed by atoms with van der Waals surface area (Å²) in [5.74, 6) is -0.674. The second-order valence-electron chi connectivity index (χ2n) is 7.15. The molecule has 176 valence electrons. The summed E-state index contributed by atoms with van der Waals surface area (Å²) in [7, 11) is 0. The minimum absolute atomic E-state index is 0.278. The van der Waals surface area contributed by atoms with Crippen molar-refractivity contribution < 1.29 is 23.8 Å². The summed E-state index contributed by atoms with van der Waals surface area (Å²) in [6.07, 6.45) is -2.14. The molecule has 0 amide bonds. The van der Waals surface area contributed by atoms with E-state index in [4.69, 9.17) is 31.3 Å². The Hall–Kier alpha value is -3.40. The quantitative estimate of drug-likeness (QED) is 0.146. The minimum atomic E-state index is -1.15. The van der Waals surface area contributed by atoms with E-state index in [1.165, 1.54) is 11.8 Å². The largest absolute Gasteiger partial charge is 0.455 e. The summed E-state index contributed by atoms with van der Waals surface area (Å²) in [5.41, 5.74) is 17.7. The number of halogens is 1. The molecule has 0 aromatic heterocycles. The number of esters is 1. The SMILES string of the molecule is Cc1ccc(S[C@@H]2O[C@H](COC(=O)Cl)[C@@H](N=[N+]=[N-])[C@@H](N=[N+]=[N-])[C@H]2OC(=O)c2ccccc2)cc1. The lowest BCUT2D eigenvalue weighted by atomic mass is 9.95. The molecule has 2 aromatic rings. The van der Waals surface area contributed by atoms with Crippen LogP contribution in [0.4, 0.5) is 4.79 Å². The van der Waals surface area contributed by atoms with Gasteiger partial charge in [-0.3, -0.25) is 0 Å². The average molecular weight is 503 g/mol. The van der Waals surface area contributed by atoms with E-state index < -0.39 is 41.1 Å². The number of ether oxygens (including phenoxy) is 3. The van der Waals surface area contributed by atoms with Crippen LogP contribution in [0.2, 0.25) is 0 Å². The summed E-state index contributed by atoms with van der Waals surface area (Å²) < 4.78 is 16.6. The van der Waals surface area contributed by atoms with E-state index in [2.05, 4.69) is 20.1 Å². The first-order chi connectivity index (χ1) is 16.4. The predicted molar refractivity (Wildman–Crippen MR) is 124 cm³/mol. The highest BCUT2D eigenvalue weighted by atomic mass is 35.5. The van der Waals surface area contributed by atoms with Gasteiger partial charge < -0.3 is 14.2 Å². The lowest BCUT2D eigenvalue weighted by Gasteiger charge is -2.42. The molecular weight excluding hydrogens is 484 g/mol. The van der Waals surface area contributed by atoms with Crippen molar-refractivity contribution in [2.24, 2.45) is 10.2 Å². The lowest BCUT2D eigenvalue weighted by molar-refractivity contribution is -0.114. The zero-order valence-corrected chi connectivity index (χ0v) is 19.4. The fraction of sp³-hybridized carbons (Fsp3) is 0.333. The maximum absolute atomic E-state index is 12.9. The Balaban J connectivity index is 1.99. The number of nitrogens with zero attached hydrogens (tertiary/aromatic N) is 6. The standard InChI is InChI=1S/C21H19ClN6O5S/c1-12-7-9-14(10-8-12)34-20-18(33-19(29)13-5-3-2-4-6-13)17(26-28-24)16(25-27-23)15(32-20)11-31-21(22)30/h2-10,15-18,20H,11H2,1H3/t15-,16-,17-,18-,20+/m1/s1. The van der Waals surface area contributed by atoms with Crippen molar-refractivity contribution in [3.63, 3.8) is 0 Å². The Labute approximate surface area is 203 Å². The maximum Gasteiger partial charge on any atom is 0.403 e. The first-order valence-electron chi connectivity index (χ1n) is 9.98. The molecule has 0 bridgehead atoms. The lowest BCUT2D eigenvalue weighted by Crippen LogP contribution is -2.57. The van der Waals surface area contributed by atoms with E-state index >= 15 is 0 Å². The molecular formula is C21H19ClN6O5S. The smallest absolute Gasteiger partial charge is 0.403 e. The molecule has 11 nitrogen and oxygen atoms in total. The highest BCUT2D eigenvalue weighted by Crippen LogP contribution is 2.38. The van der Waals surface area contributed by atoms with Crippen molar-refractivity contribution in [2.75, 3.05) is 6.61 Å². The number of carbonyl (C=O) groups is 2. The van der Waals surface area contributed by atoms with E-state index in [1.807, 2.05) is 31.2 Å². The number of carbonyl (C=O) groups excluding carboxylic acids is 2. The van der Waals surface area contributed by atoms with Crippen LogP contribution in [0.5, 0.6) is 0 Å². The Morgan fingerprint density at radius 1 is 1.06 bits per heavy atom. The summed E-state index contributed by atoms with van der Waals surface area (Å²) >= 11 is 6.50. The molecule has 0 radical (unpaired) electrons. The van der Waals surface area contributed by atoms with E-state index in [1.54, 1.807) is 30.3 Å². The Bertz CT molecular complexity index is 1110.